The average Bonchev–Trinajstić information content (AvgIpc) is 1.98. The molecule has 0 radical (unpaired) electrons. The standard InChI is InChI=1S/C10H22N2O2/c1-8(4-5-13)7-12-9(14)6-10(2,3)11/h8,13H,4-7,11H2,1-3H3,(H,12,14). The van der Waals surface area contributed by atoms with Crippen molar-refractivity contribution in [3.05, 3.63) is 0 Å². The van der Waals surface area contributed by atoms with Crippen molar-refractivity contribution in [3.8, 4) is 0 Å². The summed E-state index contributed by atoms with van der Waals surface area (Å²) in [4.78, 5) is 11.3. The molecule has 0 bridgehead atoms. The third-order valence-electron chi connectivity index (χ3n) is 1.89. The van der Waals surface area contributed by atoms with Gasteiger partial charge in [0.2, 0.25) is 5.91 Å². The number of aliphatic hydroxyl groups is 1. The van der Waals surface area contributed by atoms with E-state index < -0.39 is 5.54 Å². The molecule has 4 heteroatoms. The van der Waals surface area contributed by atoms with Crippen molar-refractivity contribution in [3.63, 3.8) is 0 Å². The number of aliphatic hydroxyl groups excluding tert-OH is 1. The van der Waals surface area contributed by atoms with Crippen LogP contribution in [0.4, 0.5) is 0 Å². The quantitative estimate of drug-likeness (QED) is 0.578. The van der Waals surface area contributed by atoms with Crippen LogP contribution in [0.1, 0.15) is 33.6 Å². The lowest BCUT2D eigenvalue weighted by atomic mass is 10.0. The molecule has 14 heavy (non-hydrogen) atoms. The van der Waals surface area contributed by atoms with Gasteiger partial charge in [0.25, 0.3) is 0 Å². The molecule has 0 spiro atoms. The predicted octanol–water partition coefficient (Wildman–Crippen LogP) is 0.249. The summed E-state index contributed by atoms with van der Waals surface area (Å²) in [5.41, 5.74) is 5.25. The SMILES string of the molecule is CC(CCO)CNC(=O)CC(C)(C)N. The molecule has 0 heterocycles. The molecule has 84 valence electrons. The maximum Gasteiger partial charge on any atom is 0.221 e. The Hall–Kier alpha value is -0.610. The molecule has 0 aromatic heterocycles. The van der Waals surface area contributed by atoms with Gasteiger partial charge < -0.3 is 16.2 Å². The van der Waals surface area contributed by atoms with E-state index in [0.29, 0.717) is 25.3 Å². The third-order valence-corrected chi connectivity index (χ3v) is 1.89. The zero-order chi connectivity index (χ0) is 11.2. The highest BCUT2D eigenvalue weighted by molar-refractivity contribution is 5.77. The Morgan fingerprint density at radius 3 is 2.57 bits per heavy atom. The summed E-state index contributed by atoms with van der Waals surface area (Å²) in [6.07, 6.45) is 1.05. The van der Waals surface area contributed by atoms with Crippen LogP contribution in [0.25, 0.3) is 0 Å². The van der Waals surface area contributed by atoms with Crippen molar-refractivity contribution < 1.29 is 9.90 Å². The van der Waals surface area contributed by atoms with Gasteiger partial charge in [-0.25, -0.2) is 0 Å². The van der Waals surface area contributed by atoms with Crippen LogP contribution in [-0.4, -0.2) is 29.7 Å². The lowest BCUT2D eigenvalue weighted by Gasteiger charge is -2.18. The summed E-state index contributed by atoms with van der Waals surface area (Å²) in [6, 6.07) is 0. The average molecular weight is 202 g/mol. The summed E-state index contributed by atoms with van der Waals surface area (Å²) in [5, 5.41) is 11.4. The molecule has 1 atom stereocenters. The molecule has 1 amide bonds. The van der Waals surface area contributed by atoms with Gasteiger partial charge in [-0.3, -0.25) is 4.79 Å². The van der Waals surface area contributed by atoms with Crippen molar-refractivity contribution in [1.82, 2.24) is 5.32 Å². The summed E-state index contributed by atoms with van der Waals surface area (Å²) in [5.74, 6) is 0.284. The van der Waals surface area contributed by atoms with E-state index >= 15 is 0 Å². The fraction of sp³-hybridized carbons (Fsp3) is 0.900. The minimum Gasteiger partial charge on any atom is -0.396 e. The minimum absolute atomic E-state index is 0.0257. The third kappa shape index (κ3) is 8.01. The number of hydrogen-bond donors (Lipinski definition) is 3. The highest BCUT2D eigenvalue weighted by atomic mass is 16.3. The fourth-order valence-electron chi connectivity index (χ4n) is 1.09. The Kier molecular flexibility index (Phi) is 5.72. The van der Waals surface area contributed by atoms with Crippen LogP contribution in [0.2, 0.25) is 0 Å². The zero-order valence-corrected chi connectivity index (χ0v) is 9.34. The summed E-state index contributed by atoms with van der Waals surface area (Å²) >= 11 is 0. The van der Waals surface area contributed by atoms with E-state index in [-0.39, 0.29) is 12.5 Å². The number of carbonyl (C=O) groups is 1. The van der Waals surface area contributed by atoms with Crippen molar-refractivity contribution >= 4 is 5.91 Å². The van der Waals surface area contributed by atoms with Gasteiger partial charge in [-0.1, -0.05) is 6.92 Å². The largest absolute Gasteiger partial charge is 0.396 e. The van der Waals surface area contributed by atoms with Crippen molar-refractivity contribution in [2.24, 2.45) is 11.7 Å². The molecule has 0 aliphatic carbocycles. The number of hydrogen-bond acceptors (Lipinski definition) is 3. The number of nitrogens with two attached hydrogens (primary N) is 1. The lowest BCUT2D eigenvalue weighted by molar-refractivity contribution is -0.122. The van der Waals surface area contributed by atoms with Gasteiger partial charge in [0, 0.05) is 25.1 Å². The number of carbonyl (C=O) groups excluding carboxylic acids is 1. The normalized spacial score (nSPS) is 13.8. The second kappa shape index (κ2) is 5.98. The number of amides is 1. The molecule has 0 fully saturated rings. The van der Waals surface area contributed by atoms with Crippen molar-refractivity contribution in [2.75, 3.05) is 13.2 Å². The maximum atomic E-state index is 11.3. The molecular formula is C10H22N2O2. The van der Waals surface area contributed by atoms with E-state index in [2.05, 4.69) is 5.32 Å². The Bertz CT molecular complexity index is 175. The first-order valence-electron chi connectivity index (χ1n) is 5.01. The Morgan fingerprint density at radius 2 is 2.14 bits per heavy atom. The molecule has 4 nitrogen and oxygen atoms in total. The van der Waals surface area contributed by atoms with Gasteiger partial charge in [0.15, 0.2) is 0 Å². The number of rotatable bonds is 6. The molecule has 0 aromatic carbocycles. The van der Waals surface area contributed by atoms with E-state index in [1.54, 1.807) is 0 Å². The number of nitrogens with one attached hydrogen (secondary N) is 1. The first kappa shape index (κ1) is 13.4. The minimum atomic E-state index is -0.454. The fourth-order valence-corrected chi connectivity index (χ4v) is 1.09. The first-order valence-corrected chi connectivity index (χ1v) is 5.01. The van der Waals surface area contributed by atoms with Crippen molar-refractivity contribution in [2.45, 2.75) is 39.2 Å². The Morgan fingerprint density at radius 1 is 1.57 bits per heavy atom. The molecule has 4 N–H and O–H groups in total. The Labute approximate surface area is 85.9 Å². The molecule has 0 aliphatic heterocycles. The van der Waals surface area contributed by atoms with Gasteiger partial charge in [-0.2, -0.15) is 0 Å². The van der Waals surface area contributed by atoms with E-state index in [1.165, 1.54) is 0 Å². The van der Waals surface area contributed by atoms with Crippen LogP contribution in [0, 0.1) is 5.92 Å². The highest BCUT2D eigenvalue weighted by Crippen LogP contribution is 2.03. The monoisotopic (exact) mass is 202 g/mol. The molecule has 1 unspecified atom stereocenters. The second-order valence-electron chi connectivity index (χ2n) is 4.59. The maximum absolute atomic E-state index is 11.3. The van der Waals surface area contributed by atoms with Crippen LogP contribution >= 0.6 is 0 Å². The molecule has 0 aliphatic rings. The first-order chi connectivity index (χ1) is 6.35. The topological polar surface area (TPSA) is 75.3 Å². The molecule has 0 rings (SSSR count). The van der Waals surface area contributed by atoms with Crippen molar-refractivity contribution in [1.29, 1.82) is 0 Å². The molecule has 0 saturated heterocycles. The van der Waals surface area contributed by atoms with E-state index in [1.807, 2.05) is 20.8 Å². The van der Waals surface area contributed by atoms with E-state index in [9.17, 15) is 4.79 Å². The van der Waals surface area contributed by atoms with Crippen LogP contribution in [0.15, 0.2) is 0 Å². The van der Waals surface area contributed by atoms with E-state index in [4.69, 9.17) is 10.8 Å². The van der Waals surface area contributed by atoms with Crippen LogP contribution in [-0.2, 0) is 4.79 Å². The summed E-state index contributed by atoms with van der Waals surface area (Å²) < 4.78 is 0. The second-order valence-corrected chi connectivity index (χ2v) is 4.59. The summed E-state index contributed by atoms with van der Waals surface area (Å²) in [6.45, 7) is 6.41. The van der Waals surface area contributed by atoms with Gasteiger partial charge in [0.05, 0.1) is 0 Å². The highest BCUT2D eigenvalue weighted by Gasteiger charge is 2.16. The smallest absolute Gasteiger partial charge is 0.221 e. The van der Waals surface area contributed by atoms with Crippen LogP contribution in [0.3, 0.4) is 0 Å². The summed E-state index contributed by atoms with van der Waals surface area (Å²) in [7, 11) is 0. The van der Waals surface area contributed by atoms with Gasteiger partial charge >= 0.3 is 0 Å². The zero-order valence-electron chi connectivity index (χ0n) is 9.34. The molecule has 0 aromatic rings. The van der Waals surface area contributed by atoms with Crippen LogP contribution < -0.4 is 11.1 Å². The predicted molar refractivity (Wildman–Crippen MR) is 56.8 cm³/mol. The van der Waals surface area contributed by atoms with Gasteiger partial charge in [-0.05, 0) is 26.2 Å². The van der Waals surface area contributed by atoms with Gasteiger partial charge in [-0.15, -0.1) is 0 Å². The van der Waals surface area contributed by atoms with E-state index in [0.717, 1.165) is 0 Å². The van der Waals surface area contributed by atoms with Gasteiger partial charge in [0.1, 0.15) is 0 Å². The molecule has 0 saturated carbocycles. The van der Waals surface area contributed by atoms with Crippen LogP contribution in [0.5, 0.6) is 0 Å². The Balaban J connectivity index is 3.64. The molecular weight excluding hydrogens is 180 g/mol. The lowest BCUT2D eigenvalue weighted by Crippen LogP contribution is -2.40.